The predicted molar refractivity (Wildman–Crippen MR) is 70.4 cm³/mol. The monoisotopic (exact) mass is 268 g/mol. The summed E-state index contributed by atoms with van der Waals surface area (Å²) in [5, 5.41) is 3.59. The molecule has 1 aromatic heterocycles. The highest BCUT2D eigenvalue weighted by Crippen LogP contribution is 2.37. The van der Waals surface area contributed by atoms with Gasteiger partial charge in [0.05, 0.1) is 5.52 Å². The van der Waals surface area contributed by atoms with Crippen LogP contribution in [0.3, 0.4) is 0 Å². The van der Waals surface area contributed by atoms with Crippen molar-refractivity contribution in [3.63, 3.8) is 0 Å². The number of aromatic nitrogens is 1. The molecule has 1 heterocycles. The number of pyridine rings is 1. The molecule has 5 heteroatoms. The topological polar surface area (TPSA) is 24.9 Å². The SMILES string of the molecule is CCc1cccc2c(NC)c(C)c(C(F)(F)F)nc12. The maximum absolute atomic E-state index is 13.0. The van der Waals surface area contributed by atoms with Crippen molar-refractivity contribution in [2.75, 3.05) is 12.4 Å². The zero-order chi connectivity index (χ0) is 14.2. The van der Waals surface area contributed by atoms with Crippen molar-refractivity contribution < 1.29 is 13.2 Å². The van der Waals surface area contributed by atoms with Gasteiger partial charge in [-0.3, -0.25) is 0 Å². The Morgan fingerprint density at radius 2 is 1.95 bits per heavy atom. The minimum absolute atomic E-state index is 0.135. The summed E-state index contributed by atoms with van der Waals surface area (Å²) < 4.78 is 39.1. The number of nitrogens with one attached hydrogen (secondary N) is 1. The van der Waals surface area contributed by atoms with Crippen molar-refractivity contribution in [3.05, 3.63) is 35.0 Å². The van der Waals surface area contributed by atoms with Gasteiger partial charge in [0.2, 0.25) is 0 Å². The minimum atomic E-state index is -4.44. The molecule has 2 rings (SSSR count). The molecule has 0 aliphatic carbocycles. The zero-order valence-electron chi connectivity index (χ0n) is 11.0. The minimum Gasteiger partial charge on any atom is -0.387 e. The Morgan fingerprint density at radius 3 is 2.47 bits per heavy atom. The Balaban J connectivity index is 2.91. The van der Waals surface area contributed by atoms with Gasteiger partial charge in [0, 0.05) is 23.7 Å². The third kappa shape index (κ3) is 2.25. The molecule has 0 aliphatic rings. The van der Waals surface area contributed by atoms with E-state index in [0.717, 1.165) is 10.9 Å². The summed E-state index contributed by atoms with van der Waals surface area (Å²) in [6, 6.07) is 5.45. The molecule has 0 unspecified atom stereocenters. The van der Waals surface area contributed by atoms with Crippen LogP contribution >= 0.6 is 0 Å². The van der Waals surface area contributed by atoms with E-state index < -0.39 is 11.9 Å². The number of fused-ring (bicyclic) bond motifs is 1. The van der Waals surface area contributed by atoms with Crippen molar-refractivity contribution in [3.8, 4) is 0 Å². The lowest BCUT2D eigenvalue weighted by molar-refractivity contribution is -0.141. The van der Waals surface area contributed by atoms with E-state index in [0.29, 0.717) is 17.6 Å². The van der Waals surface area contributed by atoms with Gasteiger partial charge in [0.1, 0.15) is 5.69 Å². The summed E-state index contributed by atoms with van der Waals surface area (Å²) in [7, 11) is 1.63. The van der Waals surface area contributed by atoms with Crippen molar-refractivity contribution in [2.24, 2.45) is 0 Å². The number of alkyl halides is 3. The summed E-state index contributed by atoms with van der Waals surface area (Å²) in [5.74, 6) is 0. The van der Waals surface area contributed by atoms with E-state index >= 15 is 0 Å². The summed E-state index contributed by atoms with van der Waals surface area (Å²) in [6.45, 7) is 3.35. The van der Waals surface area contributed by atoms with E-state index in [1.165, 1.54) is 6.92 Å². The van der Waals surface area contributed by atoms with Gasteiger partial charge in [-0.2, -0.15) is 13.2 Å². The van der Waals surface area contributed by atoms with Gasteiger partial charge in [-0.25, -0.2) is 4.98 Å². The van der Waals surface area contributed by atoms with Gasteiger partial charge in [-0.15, -0.1) is 0 Å². The van der Waals surface area contributed by atoms with E-state index in [4.69, 9.17) is 0 Å². The van der Waals surface area contributed by atoms with Crippen LogP contribution in [-0.2, 0) is 12.6 Å². The first-order valence-corrected chi connectivity index (χ1v) is 6.07. The van der Waals surface area contributed by atoms with Gasteiger partial charge in [-0.05, 0) is 18.9 Å². The van der Waals surface area contributed by atoms with E-state index in [-0.39, 0.29) is 5.56 Å². The van der Waals surface area contributed by atoms with E-state index in [9.17, 15) is 13.2 Å². The molecule has 0 spiro atoms. The standard InChI is InChI=1S/C14H15F3N2/c1-4-9-6-5-7-10-11(18-3)8(2)13(14(15,16)17)19-12(9)10/h5-7H,4H2,1-3H3,(H,18,19). The smallest absolute Gasteiger partial charge is 0.387 e. The van der Waals surface area contributed by atoms with Gasteiger partial charge in [0.15, 0.2) is 0 Å². The quantitative estimate of drug-likeness (QED) is 0.884. The molecular weight excluding hydrogens is 253 g/mol. The average molecular weight is 268 g/mol. The molecule has 0 aliphatic heterocycles. The van der Waals surface area contributed by atoms with Gasteiger partial charge < -0.3 is 5.32 Å². The maximum atomic E-state index is 13.0. The fourth-order valence-corrected chi connectivity index (χ4v) is 2.32. The molecule has 2 nitrogen and oxygen atoms in total. The zero-order valence-corrected chi connectivity index (χ0v) is 11.0. The second-order valence-electron chi connectivity index (χ2n) is 4.38. The molecule has 0 amide bonds. The molecule has 0 saturated heterocycles. The number of aryl methyl sites for hydroxylation is 1. The Labute approximate surface area is 109 Å². The van der Waals surface area contributed by atoms with Crippen molar-refractivity contribution in [1.29, 1.82) is 0 Å². The number of benzene rings is 1. The maximum Gasteiger partial charge on any atom is 0.433 e. The number of anilines is 1. The van der Waals surface area contributed by atoms with Gasteiger partial charge in [-0.1, -0.05) is 25.1 Å². The van der Waals surface area contributed by atoms with Crippen molar-refractivity contribution >= 4 is 16.6 Å². The highest BCUT2D eigenvalue weighted by molar-refractivity contribution is 5.95. The summed E-state index contributed by atoms with van der Waals surface area (Å²) in [4.78, 5) is 3.86. The number of para-hydroxylation sites is 1. The molecule has 19 heavy (non-hydrogen) atoms. The second-order valence-corrected chi connectivity index (χ2v) is 4.38. The summed E-state index contributed by atoms with van der Waals surface area (Å²) >= 11 is 0. The highest BCUT2D eigenvalue weighted by Gasteiger charge is 2.36. The molecule has 0 radical (unpaired) electrons. The summed E-state index contributed by atoms with van der Waals surface area (Å²) in [6.07, 6.45) is -3.79. The molecule has 2 aromatic rings. The van der Waals surface area contributed by atoms with Gasteiger partial charge in [0.25, 0.3) is 0 Å². The Bertz CT molecular complexity index is 618. The largest absolute Gasteiger partial charge is 0.433 e. The van der Waals surface area contributed by atoms with Crippen molar-refractivity contribution in [2.45, 2.75) is 26.4 Å². The van der Waals surface area contributed by atoms with Crippen LogP contribution in [0.5, 0.6) is 0 Å². The number of nitrogens with zero attached hydrogens (tertiary/aromatic N) is 1. The lowest BCUT2D eigenvalue weighted by atomic mass is 10.0. The molecule has 0 bridgehead atoms. The van der Waals surface area contributed by atoms with E-state index in [1.807, 2.05) is 19.1 Å². The molecule has 0 fully saturated rings. The van der Waals surface area contributed by atoms with E-state index in [1.54, 1.807) is 13.1 Å². The molecule has 102 valence electrons. The molecule has 0 atom stereocenters. The first-order valence-electron chi connectivity index (χ1n) is 6.07. The predicted octanol–water partition coefficient (Wildman–Crippen LogP) is 4.17. The number of rotatable bonds is 2. The molecule has 1 aromatic carbocycles. The highest BCUT2D eigenvalue weighted by atomic mass is 19.4. The number of hydrogen-bond donors (Lipinski definition) is 1. The van der Waals surface area contributed by atoms with Crippen LogP contribution in [0.4, 0.5) is 18.9 Å². The lowest BCUT2D eigenvalue weighted by Crippen LogP contribution is -2.13. The second kappa shape index (κ2) is 4.72. The number of halogens is 3. The van der Waals surface area contributed by atoms with Crippen LogP contribution in [-0.4, -0.2) is 12.0 Å². The Hall–Kier alpha value is -1.78. The lowest BCUT2D eigenvalue weighted by Gasteiger charge is -2.17. The van der Waals surface area contributed by atoms with Crippen LogP contribution in [0.15, 0.2) is 18.2 Å². The van der Waals surface area contributed by atoms with Crippen LogP contribution < -0.4 is 5.32 Å². The fraction of sp³-hybridized carbons (Fsp3) is 0.357. The summed E-state index contributed by atoms with van der Waals surface area (Å²) in [5.41, 5.74) is 1.06. The molecule has 0 saturated carbocycles. The van der Waals surface area contributed by atoms with E-state index in [2.05, 4.69) is 10.3 Å². The first-order chi connectivity index (χ1) is 8.90. The normalized spacial score (nSPS) is 11.9. The molecular formula is C14H15F3N2. The third-order valence-corrected chi connectivity index (χ3v) is 3.24. The average Bonchev–Trinajstić information content (AvgIpc) is 2.35. The van der Waals surface area contributed by atoms with Crippen LogP contribution in [0, 0.1) is 6.92 Å². The van der Waals surface area contributed by atoms with Crippen molar-refractivity contribution in [1.82, 2.24) is 4.98 Å². The van der Waals surface area contributed by atoms with Crippen LogP contribution in [0.1, 0.15) is 23.7 Å². The fourth-order valence-electron chi connectivity index (χ4n) is 2.32. The molecule has 1 N–H and O–H groups in total. The van der Waals surface area contributed by atoms with Gasteiger partial charge >= 0.3 is 6.18 Å². The Kier molecular flexibility index (Phi) is 3.39. The van der Waals surface area contributed by atoms with Crippen LogP contribution in [0.2, 0.25) is 0 Å². The Morgan fingerprint density at radius 1 is 1.26 bits per heavy atom. The van der Waals surface area contributed by atoms with Crippen LogP contribution in [0.25, 0.3) is 10.9 Å². The first kappa shape index (κ1) is 13.6. The third-order valence-electron chi connectivity index (χ3n) is 3.24. The number of hydrogen-bond acceptors (Lipinski definition) is 2.